The summed E-state index contributed by atoms with van der Waals surface area (Å²) in [7, 11) is 3.10. The summed E-state index contributed by atoms with van der Waals surface area (Å²) >= 11 is 0. The Morgan fingerprint density at radius 3 is 2.72 bits per heavy atom. The molecule has 0 amide bonds. The molecular formula is C14H16O4. The van der Waals surface area contributed by atoms with Gasteiger partial charge in [0, 0.05) is 0 Å². The largest absolute Gasteiger partial charge is 0.497 e. The van der Waals surface area contributed by atoms with Gasteiger partial charge in [-0.3, -0.25) is 4.79 Å². The second-order valence-corrected chi connectivity index (χ2v) is 3.95. The van der Waals surface area contributed by atoms with Crippen molar-refractivity contribution >= 4 is 5.78 Å². The van der Waals surface area contributed by atoms with Gasteiger partial charge >= 0.3 is 0 Å². The van der Waals surface area contributed by atoms with E-state index in [-0.39, 0.29) is 5.78 Å². The molecule has 96 valence electrons. The lowest BCUT2D eigenvalue weighted by atomic mass is 10.1. The highest BCUT2D eigenvalue weighted by Gasteiger charge is 2.20. The molecular weight excluding hydrogens is 232 g/mol. The van der Waals surface area contributed by atoms with Crippen LogP contribution in [0.25, 0.3) is 0 Å². The fourth-order valence-corrected chi connectivity index (χ4v) is 1.84. The topological polar surface area (TPSA) is 44.8 Å². The van der Waals surface area contributed by atoms with E-state index in [1.165, 1.54) is 7.11 Å². The van der Waals surface area contributed by atoms with Gasteiger partial charge in [-0.25, -0.2) is 0 Å². The molecule has 4 nitrogen and oxygen atoms in total. The molecule has 0 unspecified atom stereocenters. The van der Waals surface area contributed by atoms with Gasteiger partial charge in [0.2, 0.25) is 5.78 Å². The third-order valence-electron chi connectivity index (χ3n) is 2.81. The first-order valence-electron chi connectivity index (χ1n) is 5.86. The summed E-state index contributed by atoms with van der Waals surface area (Å²) in [6.45, 7) is 0.587. The summed E-state index contributed by atoms with van der Waals surface area (Å²) in [6.07, 6.45) is 3.64. The Bertz CT molecular complexity index is 477. The van der Waals surface area contributed by atoms with Crippen molar-refractivity contribution in [3.05, 3.63) is 35.6 Å². The van der Waals surface area contributed by atoms with Crippen molar-refractivity contribution in [1.82, 2.24) is 0 Å². The van der Waals surface area contributed by atoms with Crippen LogP contribution in [0, 0.1) is 0 Å². The molecule has 1 heterocycles. The second-order valence-electron chi connectivity index (χ2n) is 3.95. The first-order chi connectivity index (χ1) is 8.76. The molecule has 0 aliphatic carbocycles. The summed E-state index contributed by atoms with van der Waals surface area (Å²) in [4.78, 5) is 12.3. The molecule has 1 aromatic rings. The predicted molar refractivity (Wildman–Crippen MR) is 67.1 cm³/mol. The van der Waals surface area contributed by atoms with E-state index in [4.69, 9.17) is 14.2 Å². The molecule has 2 rings (SSSR count). The molecule has 4 heteroatoms. The quantitative estimate of drug-likeness (QED) is 0.768. The number of carbonyl (C=O) groups excluding carboxylic acids is 1. The Morgan fingerprint density at radius 1 is 1.28 bits per heavy atom. The molecule has 0 aromatic heterocycles. The van der Waals surface area contributed by atoms with Crippen LogP contribution in [-0.4, -0.2) is 26.6 Å². The van der Waals surface area contributed by atoms with Crippen LogP contribution < -0.4 is 9.47 Å². The van der Waals surface area contributed by atoms with E-state index in [9.17, 15) is 4.79 Å². The van der Waals surface area contributed by atoms with Crippen LogP contribution in [-0.2, 0) is 4.74 Å². The molecule has 0 radical (unpaired) electrons. The lowest BCUT2D eigenvalue weighted by Gasteiger charge is -2.15. The average molecular weight is 248 g/mol. The fraction of sp³-hybridized carbons (Fsp3) is 0.357. The molecule has 0 spiro atoms. The minimum atomic E-state index is -0.162. The Morgan fingerprint density at radius 2 is 2.11 bits per heavy atom. The highest BCUT2D eigenvalue weighted by atomic mass is 16.5. The van der Waals surface area contributed by atoms with E-state index in [0.29, 0.717) is 29.4 Å². The van der Waals surface area contributed by atoms with Gasteiger partial charge in [0.15, 0.2) is 5.76 Å². The third-order valence-corrected chi connectivity index (χ3v) is 2.81. The second kappa shape index (κ2) is 5.58. The van der Waals surface area contributed by atoms with E-state index in [1.807, 2.05) is 6.08 Å². The Kier molecular flexibility index (Phi) is 3.87. The number of hydrogen-bond acceptors (Lipinski definition) is 4. The Hall–Kier alpha value is -1.97. The van der Waals surface area contributed by atoms with Gasteiger partial charge in [-0.05, 0) is 37.1 Å². The number of methoxy groups -OCH3 is 2. The maximum Gasteiger partial charge on any atom is 0.231 e. The number of Topliss-reactive ketones (excluding diaryl/α,β-unsaturated/α-hetero) is 1. The zero-order chi connectivity index (χ0) is 13.0. The standard InChI is InChI=1S/C14H16O4/c1-16-10-6-7-12(17-2)11(9-10)14(15)13-5-3-4-8-18-13/h5-7,9H,3-4,8H2,1-2H3. The summed E-state index contributed by atoms with van der Waals surface area (Å²) in [5.74, 6) is 1.38. The van der Waals surface area contributed by atoms with Gasteiger partial charge in [0.1, 0.15) is 11.5 Å². The zero-order valence-corrected chi connectivity index (χ0v) is 10.6. The molecule has 0 fully saturated rings. The number of benzene rings is 1. The van der Waals surface area contributed by atoms with E-state index in [0.717, 1.165) is 12.8 Å². The van der Waals surface area contributed by atoms with E-state index < -0.39 is 0 Å². The van der Waals surface area contributed by atoms with Crippen LogP contribution in [0.4, 0.5) is 0 Å². The lowest BCUT2D eigenvalue weighted by Crippen LogP contribution is -2.12. The van der Waals surface area contributed by atoms with Crippen molar-refractivity contribution < 1.29 is 19.0 Å². The minimum absolute atomic E-state index is 0.162. The number of ketones is 1. The molecule has 0 saturated carbocycles. The van der Waals surface area contributed by atoms with Crippen molar-refractivity contribution in [2.24, 2.45) is 0 Å². The fourth-order valence-electron chi connectivity index (χ4n) is 1.84. The van der Waals surface area contributed by atoms with E-state index in [1.54, 1.807) is 25.3 Å². The number of carbonyl (C=O) groups is 1. The van der Waals surface area contributed by atoms with Crippen LogP contribution in [0.1, 0.15) is 23.2 Å². The summed E-state index contributed by atoms with van der Waals surface area (Å²) in [5.41, 5.74) is 0.463. The van der Waals surface area contributed by atoms with Gasteiger partial charge in [-0.15, -0.1) is 0 Å². The number of allylic oxidation sites excluding steroid dienone is 2. The van der Waals surface area contributed by atoms with Crippen LogP contribution in [0.3, 0.4) is 0 Å². The normalized spacial score (nSPS) is 14.4. The van der Waals surface area contributed by atoms with E-state index >= 15 is 0 Å². The van der Waals surface area contributed by atoms with Gasteiger partial charge in [-0.1, -0.05) is 0 Å². The molecule has 0 atom stereocenters. The predicted octanol–water partition coefficient (Wildman–Crippen LogP) is 2.58. The van der Waals surface area contributed by atoms with Crippen LogP contribution >= 0.6 is 0 Å². The maximum absolute atomic E-state index is 12.3. The van der Waals surface area contributed by atoms with Crippen molar-refractivity contribution in [3.8, 4) is 11.5 Å². The number of rotatable bonds is 4. The maximum atomic E-state index is 12.3. The number of ether oxygens (including phenoxy) is 3. The monoisotopic (exact) mass is 248 g/mol. The van der Waals surface area contributed by atoms with Gasteiger partial charge in [0.25, 0.3) is 0 Å². The third kappa shape index (κ3) is 2.47. The minimum Gasteiger partial charge on any atom is -0.497 e. The van der Waals surface area contributed by atoms with Gasteiger partial charge in [-0.2, -0.15) is 0 Å². The van der Waals surface area contributed by atoms with Crippen molar-refractivity contribution in [2.75, 3.05) is 20.8 Å². The Labute approximate surface area is 106 Å². The average Bonchev–Trinajstić information content (AvgIpc) is 2.46. The van der Waals surface area contributed by atoms with Crippen molar-refractivity contribution in [3.63, 3.8) is 0 Å². The SMILES string of the molecule is COc1ccc(OC)c(C(=O)C2=CCCCO2)c1. The highest BCUT2D eigenvalue weighted by Crippen LogP contribution is 2.27. The zero-order valence-electron chi connectivity index (χ0n) is 10.6. The lowest BCUT2D eigenvalue weighted by molar-refractivity contribution is 0.0895. The van der Waals surface area contributed by atoms with Crippen LogP contribution in [0.15, 0.2) is 30.0 Å². The van der Waals surface area contributed by atoms with Crippen molar-refractivity contribution in [2.45, 2.75) is 12.8 Å². The molecule has 0 bridgehead atoms. The Balaban J connectivity index is 2.35. The smallest absolute Gasteiger partial charge is 0.231 e. The summed E-state index contributed by atoms with van der Waals surface area (Å²) in [5, 5.41) is 0. The molecule has 1 aromatic carbocycles. The molecule has 1 aliphatic heterocycles. The van der Waals surface area contributed by atoms with Gasteiger partial charge < -0.3 is 14.2 Å². The van der Waals surface area contributed by atoms with Gasteiger partial charge in [0.05, 0.1) is 26.4 Å². The molecule has 0 N–H and O–H groups in total. The summed E-state index contributed by atoms with van der Waals surface area (Å²) in [6, 6.07) is 5.14. The van der Waals surface area contributed by atoms with Crippen LogP contribution in [0.5, 0.6) is 11.5 Å². The molecule has 0 saturated heterocycles. The number of hydrogen-bond donors (Lipinski definition) is 0. The van der Waals surface area contributed by atoms with Crippen molar-refractivity contribution in [1.29, 1.82) is 0 Å². The molecule has 1 aliphatic rings. The summed E-state index contributed by atoms with van der Waals surface area (Å²) < 4.78 is 15.7. The van der Waals surface area contributed by atoms with Crippen LogP contribution in [0.2, 0.25) is 0 Å². The first-order valence-corrected chi connectivity index (χ1v) is 5.86. The van der Waals surface area contributed by atoms with E-state index in [2.05, 4.69) is 0 Å². The first kappa shape index (κ1) is 12.5. The molecule has 18 heavy (non-hydrogen) atoms. The highest BCUT2D eigenvalue weighted by molar-refractivity contribution is 6.09.